The Labute approximate surface area is 197 Å². The summed E-state index contributed by atoms with van der Waals surface area (Å²) in [6.07, 6.45) is 5.19. The minimum atomic E-state index is -0.285. The zero-order valence-electron chi connectivity index (χ0n) is 19.3. The second kappa shape index (κ2) is 9.21. The third kappa shape index (κ3) is 4.48. The summed E-state index contributed by atoms with van der Waals surface area (Å²) in [6, 6.07) is 14.2. The third-order valence-corrected chi connectivity index (χ3v) is 6.41. The highest BCUT2D eigenvalue weighted by Crippen LogP contribution is 2.28. The summed E-state index contributed by atoms with van der Waals surface area (Å²) in [5.74, 6) is 0.357. The molecule has 1 aliphatic rings. The molecular formula is C26H27FN6O. The molecule has 2 aromatic heterocycles. The van der Waals surface area contributed by atoms with Crippen LogP contribution < -0.4 is 10.2 Å². The van der Waals surface area contributed by atoms with Crippen LogP contribution >= 0.6 is 0 Å². The summed E-state index contributed by atoms with van der Waals surface area (Å²) in [5, 5.41) is 8.59. The Morgan fingerprint density at radius 3 is 2.65 bits per heavy atom. The Hall–Kier alpha value is -3.81. The molecule has 7 nitrogen and oxygen atoms in total. The second-order valence-electron chi connectivity index (χ2n) is 8.91. The van der Waals surface area contributed by atoms with E-state index >= 15 is 0 Å². The molecule has 1 N–H and O–H groups in total. The number of benzene rings is 2. The topological polar surface area (TPSA) is 75.9 Å². The van der Waals surface area contributed by atoms with Crippen molar-refractivity contribution in [2.75, 3.05) is 18.0 Å². The number of carbonyl (C=O) groups excluding carboxylic acids is 1. The lowest BCUT2D eigenvalue weighted by Gasteiger charge is -2.33. The number of anilines is 1. The van der Waals surface area contributed by atoms with Crippen LogP contribution in [0.3, 0.4) is 0 Å². The van der Waals surface area contributed by atoms with E-state index in [1.165, 1.54) is 24.0 Å². The zero-order valence-corrected chi connectivity index (χ0v) is 19.3. The zero-order chi connectivity index (χ0) is 23.7. The number of aryl methyl sites for hydroxylation is 1. The lowest BCUT2D eigenvalue weighted by molar-refractivity contribution is -0.125. The molecule has 0 spiro atoms. The van der Waals surface area contributed by atoms with Crippen LogP contribution in [0, 0.1) is 18.7 Å². The van der Waals surface area contributed by atoms with Gasteiger partial charge in [0.15, 0.2) is 5.65 Å². The van der Waals surface area contributed by atoms with E-state index in [-0.39, 0.29) is 23.7 Å². The molecular weight excluding hydrogens is 431 g/mol. The van der Waals surface area contributed by atoms with Gasteiger partial charge in [0.1, 0.15) is 18.0 Å². The smallest absolute Gasteiger partial charge is 0.225 e. The largest absolute Gasteiger partial charge is 0.355 e. The first kappa shape index (κ1) is 22.0. The van der Waals surface area contributed by atoms with Gasteiger partial charge in [0.2, 0.25) is 5.91 Å². The molecule has 0 aliphatic carbocycles. The molecule has 34 heavy (non-hydrogen) atoms. The number of carbonyl (C=O) groups is 1. The van der Waals surface area contributed by atoms with E-state index < -0.39 is 0 Å². The molecule has 2 aromatic carbocycles. The van der Waals surface area contributed by atoms with Crippen molar-refractivity contribution in [3.05, 3.63) is 78.0 Å². The van der Waals surface area contributed by atoms with E-state index in [4.69, 9.17) is 0 Å². The van der Waals surface area contributed by atoms with Crippen molar-refractivity contribution in [3.63, 3.8) is 0 Å². The average Bonchev–Trinajstić information content (AvgIpc) is 3.29. The number of hydrogen-bond acceptors (Lipinski definition) is 5. The first-order valence-electron chi connectivity index (χ1n) is 11.6. The molecule has 1 amide bonds. The van der Waals surface area contributed by atoms with Gasteiger partial charge in [-0.15, -0.1) is 5.10 Å². The van der Waals surface area contributed by atoms with Crippen molar-refractivity contribution >= 4 is 22.8 Å². The van der Waals surface area contributed by atoms with Gasteiger partial charge >= 0.3 is 0 Å². The standard InChI is InChI=1S/C26H27FN6O/c1-17-5-11-22(12-6-17)33-15-23-24(31-33)28-16-29-25(23)32-13-3-4-20(14-32)26(34)30-18(2)19-7-9-21(27)10-8-19/h5-12,15-16,18,20H,3-4,13-14H2,1-2H3,(H,30,34)/t18-,20-/m1/s1. The highest BCUT2D eigenvalue weighted by molar-refractivity contribution is 5.87. The van der Waals surface area contributed by atoms with E-state index in [9.17, 15) is 9.18 Å². The van der Waals surface area contributed by atoms with Gasteiger partial charge in [-0.3, -0.25) is 4.79 Å². The fourth-order valence-electron chi connectivity index (χ4n) is 4.46. The van der Waals surface area contributed by atoms with Crippen LogP contribution in [0.4, 0.5) is 10.2 Å². The van der Waals surface area contributed by atoms with Crippen LogP contribution in [0.2, 0.25) is 0 Å². The second-order valence-corrected chi connectivity index (χ2v) is 8.91. The lowest BCUT2D eigenvalue weighted by Crippen LogP contribution is -2.44. The Morgan fingerprint density at radius 1 is 1.12 bits per heavy atom. The first-order valence-corrected chi connectivity index (χ1v) is 11.6. The number of halogens is 1. The molecule has 1 fully saturated rings. The number of fused-ring (bicyclic) bond motifs is 1. The number of piperidine rings is 1. The van der Waals surface area contributed by atoms with E-state index in [1.54, 1.807) is 12.1 Å². The maximum Gasteiger partial charge on any atom is 0.225 e. The van der Waals surface area contributed by atoms with Crippen LogP contribution in [-0.4, -0.2) is 38.7 Å². The molecule has 8 heteroatoms. The van der Waals surface area contributed by atoms with Gasteiger partial charge in [0.05, 0.1) is 23.0 Å². The van der Waals surface area contributed by atoms with Crippen molar-refractivity contribution in [2.45, 2.75) is 32.7 Å². The summed E-state index contributed by atoms with van der Waals surface area (Å²) in [7, 11) is 0. The van der Waals surface area contributed by atoms with Crippen LogP contribution in [0.15, 0.2) is 61.1 Å². The van der Waals surface area contributed by atoms with Crippen LogP contribution in [0.25, 0.3) is 16.7 Å². The van der Waals surface area contributed by atoms with Crippen LogP contribution in [0.1, 0.15) is 36.9 Å². The number of hydrogen-bond donors (Lipinski definition) is 1. The van der Waals surface area contributed by atoms with E-state index in [2.05, 4.69) is 44.3 Å². The molecule has 3 heterocycles. The highest BCUT2D eigenvalue weighted by atomic mass is 19.1. The fraction of sp³-hybridized carbons (Fsp3) is 0.308. The molecule has 4 aromatic rings. The Kier molecular flexibility index (Phi) is 5.96. The van der Waals surface area contributed by atoms with Crippen molar-refractivity contribution in [1.29, 1.82) is 0 Å². The Morgan fingerprint density at radius 2 is 1.88 bits per heavy atom. The summed E-state index contributed by atoms with van der Waals surface area (Å²) in [5.41, 5.74) is 3.65. The molecule has 0 bridgehead atoms. The van der Waals surface area contributed by atoms with Crippen LogP contribution in [0.5, 0.6) is 0 Å². The van der Waals surface area contributed by atoms with Crippen molar-refractivity contribution in [3.8, 4) is 5.69 Å². The quantitative estimate of drug-likeness (QED) is 0.481. The summed E-state index contributed by atoms with van der Waals surface area (Å²) >= 11 is 0. The number of nitrogens with zero attached hydrogens (tertiary/aromatic N) is 5. The molecule has 0 saturated carbocycles. The molecule has 5 rings (SSSR count). The van der Waals surface area contributed by atoms with Gasteiger partial charge in [-0.1, -0.05) is 29.8 Å². The minimum absolute atomic E-state index is 0.00201. The van der Waals surface area contributed by atoms with Crippen molar-refractivity contribution in [2.24, 2.45) is 5.92 Å². The van der Waals surface area contributed by atoms with Crippen molar-refractivity contribution in [1.82, 2.24) is 25.1 Å². The summed E-state index contributed by atoms with van der Waals surface area (Å²) in [4.78, 5) is 24.1. The van der Waals surface area contributed by atoms with Gasteiger partial charge in [0.25, 0.3) is 0 Å². The number of nitrogens with one attached hydrogen (secondary N) is 1. The maximum absolute atomic E-state index is 13.2. The van der Waals surface area contributed by atoms with Crippen LogP contribution in [-0.2, 0) is 4.79 Å². The van der Waals surface area contributed by atoms with Gasteiger partial charge in [0, 0.05) is 19.3 Å². The van der Waals surface area contributed by atoms with Gasteiger partial charge in [-0.25, -0.2) is 19.0 Å². The van der Waals surface area contributed by atoms with Gasteiger partial charge < -0.3 is 10.2 Å². The maximum atomic E-state index is 13.2. The fourth-order valence-corrected chi connectivity index (χ4v) is 4.46. The number of rotatable bonds is 5. The number of aromatic nitrogens is 4. The van der Waals surface area contributed by atoms with E-state index in [1.807, 2.05) is 29.9 Å². The SMILES string of the molecule is Cc1ccc(-n2cc3c(N4CCC[C@@H](C(=O)N[C@H](C)c5ccc(F)cc5)C4)ncnc3n2)cc1. The summed E-state index contributed by atoms with van der Waals surface area (Å²) in [6.45, 7) is 5.36. The van der Waals surface area contributed by atoms with Gasteiger partial charge in [-0.05, 0) is 56.5 Å². The first-order chi connectivity index (χ1) is 16.5. The lowest BCUT2D eigenvalue weighted by atomic mass is 9.96. The predicted octanol–water partition coefficient (Wildman–Crippen LogP) is 4.36. The van der Waals surface area contributed by atoms with E-state index in [0.29, 0.717) is 12.2 Å². The normalized spacial score (nSPS) is 17.0. The highest BCUT2D eigenvalue weighted by Gasteiger charge is 2.29. The average molecular weight is 459 g/mol. The molecule has 1 aliphatic heterocycles. The monoisotopic (exact) mass is 458 g/mol. The predicted molar refractivity (Wildman–Crippen MR) is 129 cm³/mol. The number of amides is 1. The Balaban J connectivity index is 1.34. The summed E-state index contributed by atoms with van der Waals surface area (Å²) < 4.78 is 15.0. The molecule has 2 atom stereocenters. The van der Waals surface area contributed by atoms with Crippen molar-refractivity contribution < 1.29 is 9.18 Å². The van der Waals surface area contributed by atoms with E-state index in [0.717, 1.165) is 41.8 Å². The Bertz CT molecular complexity index is 1300. The van der Waals surface area contributed by atoms with Gasteiger partial charge in [-0.2, -0.15) is 0 Å². The third-order valence-electron chi connectivity index (χ3n) is 6.41. The minimum Gasteiger partial charge on any atom is -0.355 e. The molecule has 0 radical (unpaired) electrons. The molecule has 1 saturated heterocycles. The molecule has 0 unspecified atom stereocenters. The molecule has 174 valence electrons.